The number of rotatable bonds is 7. The van der Waals surface area contributed by atoms with Crippen molar-refractivity contribution in [3.63, 3.8) is 0 Å². The SMILES string of the molecule is CCCNc1nc(C)c(N2CCN(c3ccccc3OC)CC2)c(C)c1C(=O)N(C)C. The van der Waals surface area contributed by atoms with Gasteiger partial charge in [0.2, 0.25) is 0 Å². The lowest BCUT2D eigenvalue weighted by molar-refractivity contribution is 0.0827. The van der Waals surface area contributed by atoms with Gasteiger partial charge in [0.25, 0.3) is 5.91 Å². The van der Waals surface area contributed by atoms with Crippen LogP contribution in [0, 0.1) is 13.8 Å². The first-order valence-electron chi connectivity index (χ1n) is 11.0. The van der Waals surface area contributed by atoms with E-state index in [1.807, 2.05) is 32.0 Å². The number of pyridine rings is 1. The van der Waals surface area contributed by atoms with Crippen LogP contribution in [-0.4, -0.2) is 69.7 Å². The van der Waals surface area contributed by atoms with Gasteiger partial charge in [0.05, 0.1) is 29.7 Å². The Morgan fingerprint density at radius 1 is 1.13 bits per heavy atom. The number of carbonyl (C=O) groups excluding carboxylic acids is 1. The van der Waals surface area contributed by atoms with Crippen LogP contribution in [-0.2, 0) is 0 Å². The summed E-state index contributed by atoms with van der Waals surface area (Å²) >= 11 is 0. The Balaban J connectivity index is 1.89. The molecule has 0 aliphatic carbocycles. The molecule has 1 aromatic heterocycles. The van der Waals surface area contributed by atoms with Crippen LogP contribution in [0.1, 0.15) is 35.0 Å². The molecule has 168 valence electrons. The molecule has 0 radical (unpaired) electrons. The smallest absolute Gasteiger partial charge is 0.257 e. The van der Waals surface area contributed by atoms with Gasteiger partial charge in [0.15, 0.2) is 0 Å². The summed E-state index contributed by atoms with van der Waals surface area (Å²) in [5.41, 5.74) is 4.82. The number of amides is 1. The van der Waals surface area contributed by atoms with Gasteiger partial charge in [-0.05, 0) is 38.0 Å². The first-order chi connectivity index (χ1) is 14.9. The fraction of sp³-hybridized carbons (Fsp3) is 0.500. The average molecular weight is 426 g/mol. The van der Waals surface area contributed by atoms with Gasteiger partial charge in [0, 0.05) is 46.8 Å². The normalized spacial score (nSPS) is 13.9. The lowest BCUT2D eigenvalue weighted by Gasteiger charge is -2.39. The number of aryl methyl sites for hydroxylation is 1. The van der Waals surface area contributed by atoms with Crippen molar-refractivity contribution in [2.24, 2.45) is 0 Å². The van der Waals surface area contributed by atoms with E-state index in [1.54, 1.807) is 26.1 Å². The van der Waals surface area contributed by atoms with Gasteiger partial charge in [-0.2, -0.15) is 0 Å². The standard InChI is InChI=1S/C24H35N5O2/c1-7-12-25-23-21(24(30)27(4)5)17(2)22(18(3)26-23)29-15-13-28(14-16-29)19-10-8-9-11-20(19)31-6/h8-11H,7,12-16H2,1-6H3,(H,25,26). The fourth-order valence-corrected chi connectivity index (χ4v) is 4.23. The first kappa shape index (κ1) is 22.7. The second-order valence-corrected chi connectivity index (χ2v) is 8.17. The van der Waals surface area contributed by atoms with E-state index < -0.39 is 0 Å². The molecule has 0 bridgehead atoms. The monoisotopic (exact) mass is 425 g/mol. The largest absolute Gasteiger partial charge is 0.495 e. The Morgan fingerprint density at radius 2 is 1.77 bits per heavy atom. The quantitative estimate of drug-likeness (QED) is 0.732. The molecule has 1 saturated heterocycles. The Morgan fingerprint density at radius 3 is 2.39 bits per heavy atom. The highest BCUT2D eigenvalue weighted by Gasteiger charge is 2.27. The van der Waals surface area contributed by atoms with E-state index in [-0.39, 0.29) is 5.91 Å². The van der Waals surface area contributed by atoms with Gasteiger partial charge in [-0.15, -0.1) is 0 Å². The van der Waals surface area contributed by atoms with E-state index in [0.29, 0.717) is 11.4 Å². The zero-order valence-corrected chi connectivity index (χ0v) is 19.7. The van der Waals surface area contributed by atoms with Crippen LogP contribution in [0.25, 0.3) is 0 Å². The van der Waals surface area contributed by atoms with Crippen LogP contribution in [0.3, 0.4) is 0 Å². The highest BCUT2D eigenvalue weighted by atomic mass is 16.5. The Hall–Kier alpha value is -2.96. The summed E-state index contributed by atoms with van der Waals surface area (Å²) in [5, 5.41) is 3.35. The maximum absolute atomic E-state index is 13.0. The number of para-hydroxylation sites is 2. The minimum atomic E-state index is -0.0162. The number of hydrogen-bond acceptors (Lipinski definition) is 6. The van der Waals surface area contributed by atoms with Crippen molar-refractivity contribution in [2.45, 2.75) is 27.2 Å². The molecule has 1 fully saturated rings. The lowest BCUT2D eigenvalue weighted by atomic mass is 10.0. The second kappa shape index (κ2) is 9.90. The summed E-state index contributed by atoms with van der Waals surface area (Å²) in [7, 11) is 5.29. The van der Waals surface area contributed by atoms with Crippen LogP contribution in [0.15, 0.2) is 24.3 Å². The van der Waals surface area contributed by atoms with Crippen LogP contribution in [0.5, 0.6) is 5.75 Å². The molecule has 3 rings (SSSR count). The summed E-state index contributed by atoms with van der Waals surface area (Å²) in [6, 6.07) is 8.15. The van der Waals surface area contributed by atoms with Crippen LogP contribution in [0.4, 0.5) is 17.2 Å². The topological polar surface area (TPSA) is 60.9 Å². The number of ether oxygens (including phenoxy) is 1. The molecule has 2 heterocycles. The molecule has 1 aromatic carbocycles. The number of aromatic nitrogens is 1. The molecule has 0 atom stereocenters. The maximum Gasteiger partial charge on any atom is 0.257 e. The minimum Gasteiger partial charge on any atom is -0.495 e. The summed E-state index contributed by atoms with van der Waals surface area (Å²) in [4.78, 5) is 24.2. The number of anilines is 3. The van der Waals surface area contributed by atoms with Gasteiger partial charge in [-0.25, -0.2) is 4.98 Å². The summed E-state index contributed by atoms with van der Waals surface area (Å²) in [6.45, 7) is 10.5. The molecule has 0 saturated carbocycles. The Labute approximate surface area is 186 Å². The fourth-order valence-electron chi connectivity index (χ4n) is 4.23. The van der Waals surface area contributed by atoms with Crippen molar-refractivity contribution >= 4 is 23.1 Å². The van der Waals surface area contributed by atoms with Gasteiger partial charge in [0.1, 0.15) is 11.6 Å². The highest BCUT2D eigenvalue weighted by Crippen LogP contribution is 2.34. The van der Waals surface area contributed by atoms with Crippen molar-refractivity contribution in [1.29, 1.82) is 0 Å². The van der Waals surface area contributed by atoms with E-state index in [2.05, 4.69) is 28.1 Å². The molecule has 1 aliphatic heterocycles. The van der Waals surface area contributed by atoms with Gasteiger partial charge in [-0.3, -0.25) is 4.79 Å². The van der Waals surface area contributed by atoms with Crippen molar-refractivity contribution in [2.75, 3.05) is 69.0 Å². The predicted octanol–water partition coefficient (Wildman–Crippen LogP) is 3.56. The van der Waals surface area contributed by atoms with E-state index in [9.17, 15) is 4.79 Å². The number of methoxy groups -OCH3 is 1. The molecule has 31 heavy (non-hydrogen) atoms. The summed E-state index contributed by atoms with van der Waals surface area (Å²) in [5.74, 6) is 1.57. The van der Waals surface area contributed by atoms with E-state index in [0.717, 1.165) is 67.5 Å². The van der Waals surface area contributed by atoms with Crippen LogP contribution in [0.2, 0.25) is 0 Å². The molecule has 1 N–H and O–H groups in total. The molecule has 7 heteroatoms. The van der Waals surface area contributed by atoms with Gasteiger partial charge >= 0.3 is 0 Å². The zero-order chi connectivity index (χ0) is 22.5. The number of benzene rings is 1. The Kier molecular flexibility index (Phi) is 7.25. The Bertz CT molecular complexity index is 920. The maximum atomic E-state index is 13.0. The van der Waals surface area contributed by atoms with Gasteiger partial charge < -0.3 is 24.8 Å². The van der Waals surface area contributed by atoms with Crippen molar-refractivity contribution in [3.8, 4) is 5.75 Å². The number of hydrogen-bond donors (Lipinski definition) is 1. The molecular formula is C24H35N5O2. The van der Waals surface area contributed by atoms with Crippen molar-refractivity contribution < 1.29 is 9.53 Å². The summed E-state index contributed by atoms with van der Waals surface area (Å²) in [6.07, 6.45) is 0.974. The predicted molar refractivity (Wildman–Crippen MR) is 128 cm³/mol. The highest BCUT2D eigenvalue weighted by molar-refractivity contribution is 6.01. The summed E-state index contributed by atoms with van der Waals surface area (Å²) < 4.78 is 5.54. The lowest BCUT2D eigenvalue weighted by Crippen LogP contribution is -2.47. The van der Waals surface area contributed by atoms with Crippen molar-refractivity contribution in [1.82, 2.24) is 9.88 Å². The van der Waals surface area contributed by atoms with Crippen LogP contribution < -0.4 is 19.9 Å². The third-order valence-electron chi connectivity index (χ3n) is 5.77. The number of carbonyl (C=O) groups is 1. The number of nitrogens with one attached hydrogen (secondary N) is 1. The molecule has 0 unspecified atom stereocenters. The van der Waals surface area contributed by atoms with E-state index >= 15 is 0 Å². The molecule has 1 aliphatic rings. The van der Waals surface area contributed by atoms with Crippen molar-refractivity contribution in [3.05, 3.63) is 41.1 Å². The van der Waals surface area contributed by atoms with Crippen LogP contribution >= 0.6 is 0 Å². The number of nitrogens with zero attached hydrogens (tertiary/aromatic N) is 4. The van der Waals surface area contributed by atoms with Gasteiger partial charge in [-0.1, -0.05) is 19.1 Å². The minimum absolute atomic E-state index is 0.0162. The molecule has 1 amide bonds. The first-order valence-corrected chi connectivity index (χ1v) is 11.0. The third kappa shape index (κ3) is 4.70. The second-order valence-electron chi connectivity index (χ2n) is 8.17. The molecule has 7 nitrogen and oxygen atoms in total. The third-order valence-corrected chi connectivity index (χ3v) is 5.77. The zero-order valence-electron chi connectivity index (χ0n) is 19.7. The average Bonchev–Trinajstić information content (AvgIpc) is 2.77. The molecular weight excluding hydrogens is 390 g/mol. The number of piperazine rings is 1. The van der Waals surface area contributed by atoms with E-state index in [1.165, 1.54) is 0 Å². The van der Waals surface area contributed by atoms with E-state index in [4.69, 9.17) is 9.72 Å². The molecule has 2 aromatic rings. The molecule has 0 spiro atoms.